The normalized spacial score (nSPS) is 10.3. The van der Waals surface area contributed by atoms with Gasteiger partial charge in [0.1, 0.15) is 0 Å². The second-order valence-corrected chi connectivity index (χ2v) is 7.44. The number of carbonyl (C=O) groups is 1. The molecule has 27 heavy (non-hydrogen) atoms. The zero-order valence-electron chi connectivity index (χ0n) is 18.6. The monoisotopic (exact) mass is 424 g/mol. The fourth-order valence-corrected chi connectivity index (χ4v) is 2.85. The van der Waals surface area contributed by atoms with Crippen molar-refractivity contribution in [3.8, 4) is 0 Å². The Balaban J connectivity index is -0.000000709. The average molecular weight is 424 g/mol. The number of hydrogen-bond acceptors (Lipinski definition) is 1. The maximum Gasteiger partial charge on any atom is 0.303 e. The van der Waals surface area contributed by atoms with Gasteiger partial charge in [0, 0.05) is 23.5 Å². The first-order valence-electron chi connectivity index (χ1n) is 11.6. The zero-order valence-corrected chi connectivity index (χ0v) is 19.7. The van der Waals surface area contributed by atoms with Gasteiger partial charge in [-0.05, 0) is 32.1 Å². The van der Waals surface area contributed by atoms with Crippen molar-refractivity contribution >= 4 is 5.97 Å². The van der Waals surface area contributed by atoms with Crippen LogP contribution in [0.1, 0.15) is 136 Å². The van der Waals surface area contributed by atoms with Gasteiger partial charge < -0.3 is 5.11 Å². The second kappa shape index (κ2) is 30.5. The van der Waals surface area contributed by atoms with Crippen LogP contribution in [0.2, 0.25) is 0 Å². The SMILES string of the molecule is CCCCCC.CCCCCCCCC=CCCCCCCCC(=O)O.[Fe]. The second-order valence-electron chi connectivity index (χ2n) is 7.44. The first kappa shape index (κ1) is 31.4. The molecular formula is C24H48FeO2. The summed E-state index contributed by atoms with van der Waals surface area (Å²) < 4.78 is 0. The van der Waals surface area contributed by atoms with Crippen LogP contribution >= 0.6 is 0 Å². The van der Waals surface area contributed by atoms with Crippen molar-refractivity contribution in [3.63, 3.8) is 0 Å². The fraction of sp³-hybridized carbons (Fsp3) is 0.875. The molecule has 0 unspecified atom stereocenters. The van der Waals surface area contributed by atoms with Crippen LogP contribution in [0.25, 0.3) is 0 Å². The molecule has 0 aliphatic heterocycles. The van der Waals surface area contributed by atoms with E-state index in [1.165, 1.54) is 96.3 Å². The van der Waals surface area contributed by atoms with Crippen LogP contribution in [0.4, 0.5) is 0 Å². The van der Waals surface area contributed by atoms with Crippen LogP contribution in [-0.4, -0.2) is 11.1 Å². The fourth-order valence-electron chi connectivity index (χ4n) is 2.85. The zero-order chi connectivity index (χ0) is 19.7. The van der Waals surface area contributed by atoms with E-state index >= 15 is 0 Å². The Morgan fingerprint density at radius 1 is 0.593 bits per heavy atom. The minimum atomic E-state index is -0.664. The summed E-state index contributed by atoms with van der Waals surface area (Å²) in [5, 5.41) is 8.51. The number of unbranched alkanes of at least 4 members (excludes halogenated alkanes) is 14. The summed E-state index contributed by atoms with van der Waals surface area (Å²) in [5.74, 6) is -0.664. The Labute approximate surface area is 181 Å². The van der Waals surface area contributed by atoms with Crippen molar-refractivity contribution in [2.24, 2.45) is 0 Å². The van der Waals surface area contributed by atoms with E-state index in [0.717, 1.165) is 12.8 Å². The molecule has 0 heterocycles. The van der Waals surface area contributed by atoms with E-state index in [9.17, 15) is 4.79 Å². The maximum atomic E-state index is 10.3. The Hall–Kier alpha value is -0.271. The molecule has 0 saturated heterocycles. The van der Waals surface area contributed by atoms with Crippen LogP contribution < -0.4 is 0 Å². The third-order valence-corrected chi connectivity index (χ3v) is 4.61. The Kier molecular flexibility index (Phi) is 35.4. The van der Waals surface area contributed by atoms with Crippen molar-refractivity contribution in [1.29, 1.82) is 0 Å². The molecule has 0 radical (unpaired) electrons. The standard InChI is InChI=1S/C18H34O2.C6H14.Fe/c1-2-3-4-5-6-7-8-9-10-11-12-13-14-15-16-17-18(19)20;1-3-5-6-4-2;/h9-10H,2-8,11-17H2,1H3,(H,19,20);3-6H2,1-2H3;. The van der Waals surface area contributed by atoms with E-state index in [-0.39, 0.29) is 17.1 Å². The van der Waals surface area contributed by atoms with Crippen molar-refractivity contribution in [2.75, 3.05) is 0 Å². The van der Waals surface area contributed by atoms with E-state index in [1.807, 2.05) is 0 Å². The molecule has 0 saturated carbocycles. The minimum absolute atomic E-state index is 0. The van der Waals surface area contributed by atoms with E-state index in [2.05, 4.69) is 32.9 Å². The summed E-state index contributed by atoms with van der Waals surface area (Å²) in [6.45, 7) is 6.72. The molecule has 2 nitrogen and oxygen atoms in total. The summed E-state index contributed by atoms with van der Waals surface area (Å²) in [6, 6.07) is 0. The van der Waals surface area contributed by atoms with E-state index in [0.29, 0.717) is 6.42 Å². The number of carboxylic acid groups (broad SMARTS) is 1. The van der Waals surface area contributed by atoms with Gasteiger partial charge in [0.05, 0.1) is 0 Å². The predicted octanol–water partition coefficient (Wildman–Crippen LogP) is 8.69. The third-order valence-electron chi connectivity index (χ3n) is 4.61. The Morgan fingerprint density at radius 2 is 0.926 bits per heavy atom. The molecule has 0 bridgehead atoms. The molecule has 1 N–H and O–H groups in total. The number of aliphatic carboxylic acids is 1. The van der Waals surface area contributed by atoms with Gasteiger partial charge in [0.2, 0.25) is 0 Å². The largest absolute Gasteiger partial charge is 0.481 e. The van der Waals surface area contributed by atoms with E-state index in [1.54, 1.807) is 0 Å². The first-order valence-corrected chi connectivity index (χ1v) is 11.6. The summed E-state index contributed by atoms with van der Waals surface area (Å²) >= 11 is 0. The molecule has 0 aromatic heterocycles. The number of carboxylic acids is 1. The molecule has 0 aliphatic rings. The first-order chi connectivity index (χ1) is 12.7. The Bertz CT molecular complexity index is 286. The van der Waals surface area contributed by atoms with Gasteiger partial charge in [-0.1, -0.05) is 110 Å². The molecule has 0 aromatic rings. The number of hydrogen-bond donors (Lipinski definition) is 1. The van der Waals surface area contributed by atoms with Gasteiger partial charge in [0.15, 0.2) is 0 Å². The van der Waals surface area contributed by atoms with Crippen molar-refractivity contribution in [1.82, 2.24) is 0 Å². The van der Waals surface area contributed by atoms with Crippen molar-refractivity contribution < 1.29 is 27.0 Å². The molecule has 0 aromatic carbocycles. The Morgan fingerprint density at radius 3 is 1.33 bits per heavy atom. The third kappa shape index (κ3) is 37.2. The van der Waals surface area contributed by atoms with Crippen molar-refractivity contribution in [2.45, 2.75) is 136 Å². The molecular weight excluding hydrogens is 376 g/mol. The summed E-state index contributed by atoms with van der Waals surface area (Å²) in [7, 11) is 0. The number of rotatable bonds is 18. The average Bonchev–Trinajstić information content (AvgIpc) is 2.63. The molecule has 0 amide bonds. The summed E-state index contributed by atoms with van der Waals surface area (Å²) in [6.07, 6.45) is 26.8. The van der Waals surface area contributed by atoms with Gasteiger partial charge in [0.25, 0.3) is 0 Å². The van der Waals surface area contributed by atoms with Crippen LogP contribution in [0, 0.1) is 0 Å². The maximum absolute atomic E-state index is 10.3. The molecule has 0 aliphatic carbocycles. The molecule has 0 rings (SSSR count). The molecule has 3 heteroatoms. The van der Waals surface area contributed by atoms with Crippen LogP contribution in [0.5, 0.6) is 0 Å². The quantitative estimate of drug-likeness (QED) is 0.136. The van der Waals surface area contributed by atoms with E-state index < -0.39 is 5.97 Å². The van der Waals surface area contributed by atoms with Crippen LogP contribution in [0.3, 0.4) is 0 Å². The topological polar surface area (TPSA) is 37.3 Å². The predicted molar refractivity (Wildman–Crippen MR) is 117 cm³/mol. The van der Waals surface area contributed by atoms with Gasteiger partial charge in [-0.25, -0.2) is 0 Å². The number of allylic oxidation sites excluding steroid dienone is 2. The van der Waals surface area contributed by atoms with Gasteiger partial charge in [-0.15, -0.1) is 0 Å². The smallest absolute Gasteiger partial charge is 0.303 e. The van der Waals surface area contributed by atoms with Gasteiger partial charge in [-0.3, -0.25) is 4.79 Å². The summed E-state index contributed by atoms with van der Waals surface area (Å²) in [5.41, 5.74) is 0. The molecule has 0 fully saturated rings. The summed E-state index contributed by atoms with van der Waals surface area (Å²) in [4.78, 5) is 10.3. The van der Waals surface area contributed by atoms with E-state index in [4.69, 9.17) is 5.11 Å². The van der Waals surface area contributed by atoms with Crippen molar-refractivity contribution in [3.05, 3.63) is 12.2 Å². The minimum Gasteiger partial charge on any atom is -0.481 e. The molecule has 164 valence electrons. The molecule has 0 spiro atoms. The van der Waals surface area contributed by atoms with Gasteiger partial charge in [-0.2, -0.15) is 0 Å². The molecule has 0 atom stereocenters. The van der Waals surface area contributed by atoms with Crippen LogP contribution in [-0.2, 0) is 21.9 Å². The van der Waals surface area contributed by atoms with Gasteiger partial charge >= 0.3 is 5.97 Å². The van der Waals surface area contributed by atoms with Crippen LogP contribution in [0.15, 0.2) is 12.2 Å².